The Balaban J connectivity index is 1.34. The van der Waals surface area contributed by atoms with Crippen LogP contribution in [-0.4, -0.2) is 92.4 Å². The number of aromatic nitrogens is 1. The lowest BCUT2D eigenvalue weighted by Gasteiger charge is -2.49. The van der Waals surface area contributed by atoms with Gasteiger partial charge in [-0.2, -0.15) is 0 Å². The van der Waals surface area contributed by atoms with Gasteiger partial charge in [0.25, 0.3) is 11.8 Å². The van der Waals surface area contributed by atoms with Gasteiger partial charge in [-0.1, -0.05) is 78.5 Å². The van der Waals surface area contributed by atoms with Crippen molar-refractivity contribution in [3.8, 4) is 0 Å². The van der Waals surface area contributed by atoms with E-state index >= 15 is 0 Å². The number of anilines is 1. The van der Waals surface area contributed by atoms with Crippen LogP contribution in [0.15, 0.2) is 95.1 Å². The van der Waals surface area contributed by atoms with Gasteiger partial charge in [-0.25, -0.2) is 19.4 Å². The summed E-state index contributed by atoms with van der Waals surface area (Å²) < 4.78 is 11.4. The number of thiazole rings is 1. The maximum absolute atomic E-state index is 13.8. The molecule has 0 aliphatic carbocycles. The van der Waals surface area contributed by atoms with E-state index in [1.807, 2.05) is 60.7 Å². The maximum atomic E-state index is 13.8. The van der Waals surface area contributed by atoms with E-state index in [2.05, 4.69) is 32.7 Å². The zero-order valence-electron chi connectivity index (χ0n) is 29.9. The first kappa shape index (κ1) is 40.2. The van der Waals surface area contributed by atoms with Crippen molar-refractivity contribution in [3.05, 3.63) is 107 Å². The lowest BCUT2D eigenvalue weighted by atomic mass is 10.0. The summed E-state index contributed by atoms with van der Waals surface area (Å²) in [6, 6.07) is 15.7. The monoisotopic (exact) mass is 790 g/mol. The van der Waals surface area contributed by atoms with Crippen molar-refractivity contribution in [1.29, 1.82) is 0 Å². The molecule has 55 heavy (non-hydrogen) atoms. The number of β-lactam (4-membered cyclic amide) rings is 1. The standard InChI is InChI=1S/C37H38N6O10S2/c1-5-21-18-54-32-27(31(46)43(32)28(21)33(47)48)41-30(45)26(25-19-55-35(39-25)38-20-44)42-51-17-16-24(40-36(50)53-37(2,3)4)34(49)52-29(22-12-8-6-9-13-22)23-14-10-7-11-15-23/h5-15,19-20,24,27,29,32H,1,16-18H2,2-4H3,(H,40,50)(H,41,45)(H,47,48)(H,38,39,44)/b42-26-/t24?,27?,32-/m1/s1. The van der Waals surface area contributed by atoms with Crippen molar-refractivity contribution < 1.29 is 48.2 Å². The van der Waals surface area contributed by atoms with Crippen LogP contribution in [-0.2, 0) is 38.3 Å². The second-order valence-electron chi connectivity index (χ2n) is 12.9. The molecule has 2 aromatic carbocycles. The average molecular weight is 791 g/mol. The molecule has 1 saturated heterocycles. The van der Waals surface area contributed by atoms with E-state index in [4.69, 9.17) is 14.3 Å². The third-order valence-corrected chi connectivity index (χ3v) is 10.0. The summed E-state index contributed by atoms with van der Waals surface area (Å²) in [7, 11) is 0. The molecule has 3 atom stereocenters. The number of carbonyl (C=O) groups is 6. The number of carboxylic acids is 1. The number of fused-ring (bicyclic) bond motifs is 1. The van der Waals surface area contributed by atoms with E-state index in [0.717, 1.165) is 16.2 Å². The number of allylic oxidation sites excluding steroid dienone is 1. The molecular formula is C37H38N6O10S2. The van der Waals surface area contributed by atoms with E-state index < -0.39 is 59.0 Å². The highest BCUT2D eigenvalue weighted by Gasteiger charge is 2.54. The predicted molar refractivity (Wildman–Crippen MR) is 203 cm³/mol. The van der Waals surface area contributed by atoms with Crippen LogP contribution >= 0.6 is 23.1 Å². The van der Waals surface area contributed by atoms with Crippen LogP contribution in [0.1, 0.15) is 50.1 Å². The van der Waals surface area contributed by atoms with E-state index in [1.165, 1.54) is 23.2 Å². The number of aliphatic carboxylic acids is 1. The smallest absolute Gasteiger partial charge is 0.408 e. The van der Waals surface area contributed by atoms with Gasteiger partial charge in [0.15, 0.2) is 16.9 Å². The van der Waals surface area contributed by atoms with Gasteiger partial charge in [0, 0.05) is 17.6 Å². The van der Waals surface area contributed by atoms with Crippen molar-refractivity contribution in [2.75, 3.05) is 17.7 Å². The summed E-state index contributed by atoms with van der Waals surface area (Å²) in [5.41, 5.74) is 0.285. The first-order valence-electron chi connectivity index (χ1n) is 16.8. The molecule has 0 bridgehead atoms. The molecule has 0 radical (unpaired) electrons. The Morgan fingerprint density at radius 1 is 1.09 bits per heavy atom. The third-order valence-electron chi connectivity index (χ3n) is 7.95. The predicted octanol–water partition coefficient (Wildman–Crippen LogP) is 3.97. The van der Waals surface area contributed by atoms with Crippen molar-refractivity contribution in [3.63, 3.8) is 0 Å². The molecular weight excluding hydrogens is 753 g/mol. The van der Waals surface area contributed by atoms with Gasteiger partial charge in [-0.3, -0.25) is 19.3 Å². The van der Waals surface area contributed by atoms with Crippen molar-refractivity contribution in [2.45, 2.75) is 56.4 Å². The zero-order chi connectivity index (χ0) is 39.7. The zero-order valence-corrected chi connectivity index (χ0v) is 31.6. The number of amides is 4. The quantitative estimate of drug-likeness (QED) is 0.0405. The van der Waals surface area contributed by atoms with E-state index in [9.17, 15) is 33.9 Å². The van der Waals surface area contributed by atoms with Gasteiger partial charge in [0.2, 0.25) is 6.41 Å². The van der Waals surface area contributed by atoms with E-state index in [-0.39, 0.29) is 41.0 Å². The maximum Gasteiger partial charge on any atom is 0.408 e. The summed E-state index contributed by atoms with van der Waals surface area (Å²) in [4.78, 5) is 87.2. The number of hydrogen-bond donors (Lipinski definition) is 4. The van der Waals surface area contributed by atoms with Crippen molar-refractivity contribution in [1.82, 2.24) is 20.5 Å². The summed E-state index contributed by atoms with van der Waals surface area (Å²) in [6.45, 7) is 8.30. The lowest BCUT2D eigenvalue weighted by molar-refractivity contribution is -0.150. The molecule has 2 unspecified atom stereocenters. The number of rotatable bonds is 16. The molecule has 288 valence electrons. The largest absolute Gasteiger partial charge is 0.477 e. The van der Waals surface area contributed by atoms with Crippen LogP contribution in [0.25, 0.3) is 0 Å². The number of benzene rings is 2. The fourth-order valence-corrected chi connectivity index (χ4v) is 7.47. The SMILES string of the molecule is C=CC1=C(C(=O)O)N2C(=O)C(NC(=O)/C(=N\OCCC(NC(=O)OC(C)(C)C)C(=O)OC(c3ccccc3)c3ccccc3)c3csc(NC=O)n3)[C@H]2SC1. The Bertz CT molecular complexity index is 1960. The lowest BCUT2D eigenvalue weighted by Crippen LogP contribution is -2.71. The fourth-order valence-electron chi connectivity index (χ4n) is 5.47. The Labute approximate surface area is 324 Å². The van der Waals surface area contributed by atoms with Gasteiger partial charge in [-0.15, -0.1) is 23.1 Å². The highest BCUT2D eigenvalue weighted by Crippen LogP contribution is 2.40. The van der Waals surface area contributed by atoms with Gasteiger partial charge in [0.1, 0.15) is 41.1 Å². The molecule has 5 rings (SSSR count). The number of carbonyl (C=O) groups excluding carboxylic acids is 5. The number of thioether (sulfide) groups is 1. The third kappa shape index (κ3) is 9.95. The van der Waals surface area contributed by atoms with Gasteiger partial charge < -0.3 is 35.4 Å². The van der Waals surface area contributed by atoms with E-state index in [1.54, 1.807) is 20.8 Å². The Hall–Kier alpha value is -6.01. The number of nitrogens with zero attached hydrogens (tertiary/aromatic N) is 3. The Morgan fingerprint density at radius 3 is 2.33 bits per heavy atom. The summed E-state index contributed by atoms with van der Waals surface area (Å²) in [5, 5.41) is 22.1. The van der Waals surface area contributed by atoms with Crippen LogP contribution in [0.2, 0.25) is 0 Å². The number of ether oxygens (including phenoxy) is 2. The highest BCUT2D eigenvalue weighted by atomic mass is 32.2. The number of alkyl carbamates (subject to hydrolysis) is 1. The molecule has 3 aromatic rings. The molecule has 0 saturated carbocycles. The summed E-state index contributed by atoms with van der Waals surface area (Å²) in [5.74, 6) is -3.38. The topological polar surface area (TPSA) is 215 Å². The van der Waals surface area contributed by atoms with Crippen LogP contribution in [0.3, 0.4) is 0 Å². The van der Waals surface area contributed by atoms with Crippen LogP contribution in [0.4, 0.5) is 9.93 Å². The minimum atomic E-state index is -1.30. The molecule has 4 amide bonds. The molecule has 2 aliphatic rings. The number of hydrogen-bond acceptors (Lipinski definition) is 13. The highest BCUT2D eigenvalue weighted by molar-refractivity contribution is 8.00. The number of oxime groups is 1. The Morgan fingerprint density at radius 2 is 1.75 bits per heavy atom. The fraction of sp³-hybridized carbons (Fsp3) is 0.297. The minimum Gasteiger partial charge on any atom is -0.477 e. The molecule has 3 heterocycles. The minimum absolute atomic E-state index is 0.0109. The van der Waals surface area contributed by atoms with Gasteiger partial charge in [-0.05, 0) is 37.5 Å². The molecule has 1 aromatic heterocycles. The number of carboxylic acid groups (broad SMARTS) is 1. The molecule has 16 nitrogen and oxygen atoms in total. The molecule has 0 spiro atoms. The first-order valence-corrected chi connectivity index (χ1v) is 18.7. The van der Waals surface area contributed by atoms with Crippen molar-refractivity contribution >= 4 is 70.2 Å². The molecule has 2 aliphatic heterocycles. The van der Waals surface area contributed by atoms with Crippen molar-refractivity contribution in [2.24, 2.45) is 5.16 Å². The summed E-state index contributed by atoms with van der Waals surface area (Å²) >= 11 is 2.24. The second kappa shape index (κ2) is 17.9. The first-order chi connectivity index (χ1) is 26.3. The molecule has 18 heteroatoms. The normalized spacial score (nSPS) is 17.3. The Kier molecular flexibility index (Phi) is 13.1. The average Bonchev–Trinajstić information content (AvgIpc) is 3.62. The second-order valence-corrected chi connectivity index (χ2v) is 14.9. The summed E-state index contributed by atoms with van der Waals surface area (Å²) in [6.07, 6.45) is -0.109. The van der Waals surface area contributed by atoms with Crippen LogP contribution in [0.5, 0.6) is 0 Å². The van der Waals surface area contributed by atoms with Gasteiger partial charge >= 0.3 is 18.0 Å². The van der Waals surface area contributed by atoms with E-state index in [0.29, 0.717) is 23.1 Å². The number of esters is 1. The molecule has 4 N–H and O–H groups in total. The van der Waals surface area contributed by atoms with Crippen LogP contribution in [0, 0.1) is 0 Å². The van der Waals surface area contributed by atoms with Crippen LogP contribution < -0.4 is 16.0 Å². The number of nitrogens with one attached hydrogen (secondary N) is 3. The molecule has 1 fully saturated rings. The van der Waals surface area contributed by atoms with Gasteiger partial charge in [0.05, 0.1) is 0 Å².